The predicted octanol–water partition coefficient (Wildman–Crippen LogP) is 3.84. The van der Waals surface area contributed by atoms with Crippen molar-refractivity contribution in [1.82, 2.24) is 15.2 Å². The highest BCUT2D eigenvalue weighted by Gasteiger charge is 2.09. The molecule has 2 rings (SSSR count). The summed E-state index contributed by atoms with van der Waals surface area (Å²) in [5.41, 5.74) is 2.62. The maximum absolute atomic E-state index is 4.43. The van der Waals surface area contributed by atoms with Crippen LogP contribution in [0.3, 0.4) is 0 Å². The summed E-state index contributed by atoms with van der Waals surface area (Å²) in [5.74, 6) is 0.886. The molecule has 0 fully saturated rings. The third kappa shape index (κ3) is 5.76. The first-order valence-corrected chi connectivity index (χ1v) is 8.35. The zero-order valence-corrected chi connectivity index (χ0v) is 17.3. The predicted molar refractivity (Wildman–Crippen MR) is 110 cm³/mol. The van der Waals surface area contributed by atoms with E-state index in [4.69, 9.17) is 0 Å². The summed E-state index contributed by atoms with van der Waals surface area (Å²) in [7, 11) is 3.87. The first kappa shape index (κ1) is 19.9. The highest BCUT2D eigenvalue weighted by molar-refractivity contribution is 14.0. The minimum absolute atomic E-state index is 0. The van der Waals surface area contributed by atoms with Gasteiger partial charge in [-0.25, -0.2) is 4.98 Å². The Balaban J connectivity index is 0.00000264. The van der Waals surface area contributed by atoms with Crippen LogP contribution in [0.4, 0.5) is 0 Å². The number of benzene rings is 1. The monoisotopic (exact) mass is 444 g/mol. The number of aryl methyl sites for hydroxylation is 2. The molecule has 0 aliphatic heterocycles. The molecule has 0 unspecified atom stereocenters. The van der Waals surface area contributed by atoms with Gasteiger partial charge in [0.1, 0.15) is 5.01 Å². The Morgan fingerprint density at radius 2 is 2.09 bits per heavy atom. The third-order valence-electron chi connectivity index (χ3n) is 3.59. The summed E-state index contributed by atoms with van der Waals surface area (Å²) in [6, 6.07) is 8.45. The van der Waals surface area contributed by atoms with Gasteiger partial charge in [-0.05, 0) is 24.5 Å². The van der Waals surface area contributed by atoms with E-state index in [0.717, 1.165) is 30.5 Å². The second kappa shape index (κ2) is 9.87. The van der Waals surface area contributed by atoms with Gasteiger partial charge < -0.3 is 10.2 Å². The van der Waals surface area contributed by atoms with Crippen LogP contribution in [0.15, 0.2) is 35.5 Å². The quantitative estimate of drug-likeness (QED) is 0.433. The Morgan fingerprint density at radius 1 is 1.35 bits per heavy atom. The van der Waals surface area contributed by atoms with Gasteiger partial charge in [0.05, 0.1) is 6.54 Å². The number of nitrogens with zero attached hydrogens (tertiary/aromatic N) is 3. The number of guanidine groups is 1. The topological polar surface area (TPSA) is 40.5 Å². The van der Waals surface area contributed by atoms with E-state index >= 15 is 0 Å². The van der Waals surface area contributed by atoms with Gasteiger partial charge in [-0.2, -0.15) is 0 Å². The van der Waals surface area contributed by atoms with Crippen molar-refractivity contribution in [3.8, 4) is 0 Å². The van der Waals surface area contributed by atoms with Crippen LogP contribution >= 0.6 is 35.3 Å². The molecule has 1 N–H and O–H groups in total. The zero-order chi connectivity index (χ0) is 15.9. The average molecular weight is 444 g/mol. The molecule has 0 saturated carbocycles. The summed E-state index contributed by atoms with van der Waals surface area (Å²) in [6.45, 7) is 5.85. The molecule has 0 aliphatic rings. The molecular weight excluding hydrogens is 419 g/mol. The second-order valence-electron chi connectivity index (χ2n) is 5.26. The van der Waals surface area contributed by atoms with Gasteiger partial charge in [0, 0.05) is 31.7 Å². The molecule has 126 valence electrons. The van der Waals surface area contributed by atoms with Crippen LogP contribution < -0.4 is 5.32 Å². The molecule has 1 aromatic heterocycles. The van der Waals surface area contributed by atoms with Crippen LogP contribution in [0, 0.1) is 6.92 Å². The lowest BCUT2D eigenvalue weighted by Gasteiger charge is -2.22. The lowest BCUT2D eigenvalue weighted by Crippen LogP contribution is -2.38. The van der Waals surface area contributed by atoms with E-state index in [1.807, 2.05) is 13.2 Å². The van der Waals surface area contributed by atoms with Gasteiger partial charge in [0.15, 0.2) is 5.96 Å². The van der Waals surface area contributed by atoms with Crippen LogP contribution in [0.25, 0.3) is 0 Å². The van der Waals surface area contributed by atoms with Gasteiger partial charge >= 0.3 is 0 Å². The average Bonchev–Trinajstić information content (AvgIpc) is 2.98. The number of aromatic nitrogens is 1. The van der Waals surface area contributed by atoms with Crippen LogP contribution in [-0.2, 0) is 19.5 Å². The Kier molecular flexibility index (Phi) is 8.54. The first-order valence-electron chi connectivity index (χ1n) is 7.54. The number of thiazole rings is 1. The van der Waals surface area contributed by atoms with Gasteiger partial charge in [-0.3, -0.25) is 4.99 Å². The molecule has 23 heavy (non-hydrogen) atoms. The molecule has 0 spiro atoms. The molecule has 4 nitrogen and oxygen atoms in total. The van der Waals surface area contributed by atoms with Crippen LogP contribution in [0.1, 0.15) is 27.9 Å². The minimum Gasteiger partial charge on any atom is -0.350 e. The van der Waals surface area contributed by atoms with Gasteiger partial charge in [-0.1, -0.05) is 31.2 Å². The number of halogens is 1. The van der Waals surface area contributed by atoms with Crippen molar-refractivity contribution in [2.45, 2.75) is 33.4 Å². The molecule has 2 aromatic rings. The van der Waals surface area contributed by atoms with Crippen molar-refractivity contribution in [3.05, 3.63) is 51.5 Å². The second-order valence-corrected chi connectivity index (χ2v) is 6.46. The summed E-state index contributed by atoms with van der Waals surface area (Å²) < 4.78 is 0. The minimum atomic E-state index is 0. The molecule has 0 aliphatic carbocycles. The molecule has 1 aromatic carbocycles. The van der Waals surface area contributed by atoms with E-state index in [9.17, 15) is 0 Å². The Morgan fingerprint density at radius 3 is 2.70 bits per heavy atom. The molecular formula is C17H25IN4S. The first-order chi connectivity index (χ1) is 10.6. The normalized spacial score (nSPS) is 11.0. The smallest absolute Gasteiger partial charge is 0.194 e. The summed E-state index contributed by atoms with van der Waals surface area (Å²) >= 11 is 1.76. The van der Waals surface area contributed by atoms with Crippen molar-refractivity contribution in [1.29, 1.82) is 0 Å². The largest absolute Gasteiger partial charge is 0.350 e. The summed E-state index contributed by atoms with van der Waals surface area (Å²) in [4.78, 5) is 12.3. The van der Waals surface area contributed by atoms with Crippen LogP contribution in [-0.4, -0.2) is 29.9 Å². The Hall–Kier alpha value is -1.15. The number of hydrogen-bond acceptors (Lipinski definition) is 3. The zero-order valence-electron chi connectivity index (χ0n) is 14.2. The summed E-state index contributed by atoms with van der Waals surface area (Å²) in [5, 5.41) is 4.49. The molecule has 0 amide bonds. The third-order valence-corrected chi connectivity index (χ3v) is 4.73. The van der Waals surface area contributed by atoms with Crippen molar-refractivity contribution in [2.75, 3.05) is 14.1 Å². The van der Waals surface area contributed by atoms with Crippen molar-refractivity contribution < 1.29 is 0 Å². The van der Waals surface area contributed by atoms with Gasteiger partial charge in [0.2, 0.25) is 0 Å². The molecule has 6 heteroatoms. The summed E-state index contributed by atoms with van der Waals surface area (Å²) in [6.07, 6.45) is 3.00. The van der Waals surface area contributed by atoms with Crippen molar-refractivity contribution in [3.63, 3.8) is 0 Å². The molecule has 1 heterocycles. The Labute approximate surface area is 160 Å². The standard InChI is InChI=1S/C17H24N4S.HI/c1-5-15-10-19-16(22-15)11-20-17(18-3)21(4)12-14-9-7-6-8-13(14)2;/h6-10H,5,11-12H2,1-4H3,(H,18,20);1H. The maximum Gasteiger partial charge on any atom is 0.194 e. The lowest BCUT2D eigenvalue weighted by atomic mass is 10.1. The van der Waals surface area contributed by atoms with Crippen molar-refractivity contribution >= 4 is 41.3 Å². The van der Waals surface area contributed by atoms with Crippen LogP contribution in [0.5, 0.6) is 0 Å². The fourth-order valence-corrected chi connectivity index (χ4v) is 3.05. The van der Waals surface area contributed by atoms with Crippen molar-refractivity contribution in [2.24, 2.45) is 4.99 Å². The number of hydrogen-bond donors (Lipinski definition) is 1. The van der Waals surface area contributed by atoms with Gasteiger partial charge in [0.25, 0.3) is 0 Å². The highest BCUT2D eigenvalue weighted by Crippen LogP contribution is 2.13. The SMILES string of the molecule is CCc1cnc(CNC(=NC)N(C)Cc2ccccc2C)s1.I. The van der Waals surface area contributed by atoms with Crippen LogP contribution in [0.2, 0.25) is 0 Å². The van der Waals surface area contributed by atoms with E-state index in [-0.39, 0.29) is 24.0 Å². The lowest BCUT2D eigenvalue weighted by molar-refractivity contribution is 0.475. The highest BCUT2D eigenvalue weighted by atomic mass is 127. The number of rotatable bonds is 5. The number of nitrogens with one attached hydrogen (secondary N) is 1. The maximum atomic E-state index is 4.43. The molecule has 0 atom stereocenters. The fraction of sp³-hybridized carbons (Fsp3) is 0.412. The molecule has 0 radical (unpaired) electrons. The number of aliphatic imine (C=N–C) groups is 1. The fourth-order valence-electron chi connectivity index (χ4n) is 2.25. The van der Waals surface area contributed by atoms with Gasteiger partial charge in [-0.15, -0.1) is 35.3 Å². The van der Waals surface area contributed by atoms with E-state index in [1.165, 1.54) is 16.0 Å². The van der Waals surface area contributed by atoms with E-state index in [0.29, 0.717) is 0 Å². The Bertz CT molecular complexity index is 639. The van der Waals surface area contributed by atoms with E-state index in [2.05, 4.69) is 65.4 Å². The molecule has 0 bridgehead atoms. The van der Waals surface area contributed by atoms with E-state index < -0.39 is 0 Å². The molecule has 0 saturated heterocycles. The van der Waals surface area contributed by atoms with E-state index in [1.54, 1.807) is 11.3 Å².